The maximum Gasteiger partial charge on any atom is 0.232 e. The van der Waals surface area contributed by atoms with E-state index in [0.29, 0.717) is 12.2 Å². The van der Waals surface area contributed by atoms with Crippen LogP contribution in [0.15, 0.2) is 42.7 Å². The van der Waals surface area contributed by atoms with Gasteiger partial charge in [-0.15, -0.1) is 17.3 Å². The third-order valence-electron chi connectivity index (χ3n) is 4.20. The molecule has 136 valence electrons. The zero-order chi connectivity index (χ0) is 19.1. The number of carbonyl (C=O) groups excluding carboxylic acids is 1. The van der Waals surface area contributed by atoms with Crippen LogP contribution in [0.5, 0.6) is 0 Å². The third kappa shape index (κ3) is 4.77. The summed E-state index contributed by atoms with van der Waals surface area (Å²) in [6.45, 7) is 7.87. The fourth-order valence-corrected chi connectivity index (χ4v) is 3.97. The summed E-state index contributed by atoms with van der Waals surface area (Å²) < 4.78 is 0. The average Bonchev–Trinajstić information content (AvgIpc) is 3.04. The lowest BCUT2D eigenvalue weighted by Gasteiger charge is -2.19. The minimum absolute atomic E-state index is 0.0386. The van der Waals surface area contributed by atoms with Gasteiger partial charge in [0.15, 0.2) is 0 Å². The smallest absolute Gasteiger partial charge is 0.232 e. The Hall–Kier alpha value is -2.51. The molecule has 3 nitrogen and oxygen atoms in total. The quantitative estimate of drug-likeness (QED) is 0.735. The number of amides is 1. The summed E-state index contributed by atoms with van der Waals surface area (Å²) in [5.41, 5.74) is 3.27. The van der Waals surface area contributed by atoms with E-state index in [4.69, 9.17) is 0 Å². The molecule has 0 bridgehead atoms. The van der Waals surface area contributed by atoms with Gasteiger partial charge in [0, 0.05) is 29.4 Å². The molecule has 0 radical (unpaired) electrons. The summed E-state index contributed by atoms with van der Waals surface area (Å²) in [7, 11) is 3.52. The summed E-state index contributed by atoms with van der Waals surface area (Å²) in [6, 6.07) is 10.4. The Morgan fingerprint density at radius 2 is 2.12 bits per heavy atom. The molecule has 0 fully saturated rings. The van der Waals surface area contributed by atoms with Crippen LogP contribution in [-0.4, -0.2) is 24.9 Å². The van der Waals surface area contributed by atoms with Crippen molar-refractivity contribution in [1.29, 1.82) is 0 Å². The monoisotopic (exact) mass is 366 g/mol. The standard InChI is InChI=1S/C22H26N2OS/c1-6-9-17-11-8-12-18(13-17)21-14-19(20(26-21)10-7-2)15-22(25)24(5)16(3)23-4/h8,11-14,23H,3,7,10,15H2,1-2,4-5H3. The van der Waals surface area contributed by atoms with Crippen molar-refractivity contribution in [2.45, 2.75) is 33.1 Å². The van der Waals surface area contributed by atoms with E-state index >= 15 is 0 Å². The highest BCUT2D eigenvalue weighted by molar-refractivity contribution is 7.15. The van der Waals surface area contributed by atoms with Crippen LogP contribution in [0.25, 0.3) is 10.4 Å². The second-order valence-corrected chi connectivity index (χ2v) is 7.23. The number of rotatable bonds is 7. The van der Waals surface area contributed by atoms with Crippen LogP contribution in [0.3, 0.4) is 0 Å². The highest BCUT2D eigenvalue weighted by Gasteiger charge is 2.17. The van der Waals surface area contributed by atoms with E-state index in [0.717, 1.165) is 29.5 Å². The van der Waals surface area contributed by atoms with E-state index in [9.17, 15) is 4.79 Å². The van der Waals surface area contributed by atoms with Crippen molar-refractivity contribution in [1.82, 2.24) is 10.2 Å². The highest BCUT2D eigenvalue weighted by Crippen LogP contribution is 2.33. The number of hydrogen-bond acceptors (Lipinski definition) is 3. The minimum atomic E-state index is 0.0386. The normalized spacial score (nSPS) is 10.0. The Balaban J connectivity index is 2.32. The van der Waals surface area contributed by atoms with E-state index < -0.39 is 0 Å². The first kappa shape index (κ1) is 19.8. The molecular formula is C22H26N2OS. The molecule has 0 aliphatic heterocycles. The summed E-state index contributed by atoms with van der Waals surface area (Å²) >= 11 is 1.77. The first-order valence-corrected chi connectivity index (χ1v) is 9.59. The number of nitrogens with one attached hydrogen (secondary N) is 1. The Morgan fingerprint density at radius 3 is 2.77 bits per heavy atom. The molecule has 1 amide bonds. The van der Waals surface area contributed by atoms with Gasteiger partial charge in [0.05, 0.1) is 6.42 Å². The van der Waals surface area contributed by atoms with Crippen molar-refractivity contribution in [3.8, 4) is 22.3 Å². The minimum Gasteiger partial charge on any atom is -0.375 e. The molecule has 2 rings (SSSR count). The van der Waals surface area contributed by atoms with Crippen molar-refractivity contribution < 1.29 is 4.79 Å². The molecule has 1 N–H and O–H groups in total. The SMILES string of the molecule is C=C(NC)N(C)C(=O)Cc1cc(-c2cccc(C#CC)c2)sc1CCC. The molecule has 0 aliphatic rings. The van der Waals surface area contributed by atoms with Gasteiger partial charge in [-0.25, -0.2) is 0 Å². The first-order valence-electron chi connectivity index (χ1n) is 8.78. The molecule has 0 saturated carbocycles. The van der Waals surface area contributed by atoms with Gasteiger partial charge in [0.25, 0.3) is 0 Å². The fraction of sp³-hybridized carbons (Fsp3) is 0.318. The van der Waals surface area contributed by atoms with Gasteiger partial charge < -0.3 is 10.2 Å². The number of benzene rings is 1. The van der Waals surface area contributed by atoms with Crippen LogP contribution in [0.1, 0.15) is 36.3 Å². The Morgan fingerprint density at radius 1 is 1.35 bits per heavy atom. The van der Waals surface area contributed by atoms with E-state index in [1.807, 2.05) is 19.1 Å². The summed E-state index contributed by atoms with van der Waals surface area (Å²) in [5.74, 6) is 6.69. The number of hydrogen-bond donors (Lipinski definition) is 1. The van der Waals surface area contributed by atoms with Gasteiger partial charge in [-0.1, -0.05) is 38.0 Å². The first-order chi connectivity index (χ1) is 12.5. The molecule has 0 saturated heterocycles. The van der Waals surface area contributed by atoms with Gasteiger partial charge in [0.2, 0.25) is 5.91 Å². The second-order valence-electron chi connectivity index (χ2n) is 6.09. The van der Waals surface area contributed by atoms with Crippen LogP contribution < -0.4 is 5.32 Å². The van der Waals surface area contributed by atoms with Crippen LogP contribution in [0.2, 0.25) is 0 Å². The number of nitrogens with zero attached hydrogens (tertiary/aromatic N) is 1. The van der Waals surface area contributed by atoms with Gasteiger partial charge in [-0.2, -0.15) is 0 Å². The number of likely N-dealkylation sites (N-methyl/N-ethyl adjacent to an activating group) is 1. The molecule has 26 heavy (non-hydrogen) atoms. The van der Waals surface area contributed by atoms with Crippen LogP contribution in [0.4, 0.5) is 0 Å². The van der Waals surface area contributed by atoms with Crippen molar-refractivity contribution >= 4 is 17.2 Å². The predicted octanol–water partition coefficient (Wildman–Crippen LogP) is 4.43. The molecule has 1 heterocycles. The third-order valence-corrected chi connectivity index (χ3v) is 5.49. The van der Waals surface area contributed by atoms with Gasteiger partial charge in [-0.05, 0) is 42.7 Å². The lowest BCUT2D eigenvalue weighted by atomic mass is 10.1. The molecule has 2 aromatic rings. The molecule has 4 heteroatoms. The van der Waals surface area contributed by atoms with Gasteiger partial charge in [-0.3, -0.25) is 4.79 Å². The zero-order valence-corrected chi connectivity index (χ0v) is 16.8. The van der Waals surface area contributed by atoms with E-state index in [2.05, 4.69) is 48.9 Å². The van der Waals surface area contributed by atoms with E-state index in [1.54, 1.807) is 30.3 Å². The summed E-state index contributed by atoms with van der Waals surface area (Å²) in [5, 5.41) is 2.92. The molecule has 0 aliphatic carbocycles. The molecule has 1 aromatic carbocycles. The van der Waals surface area contributed by atoms with E-state index in [1.165, 1.54) is 9.75 Å². The largest absolute Gasteiger partial charge is 0.375 e. The van der Waals surface area contributed by atoms with Crippen molar-refractivity contribution in [2.75, 3.05) is 14.1 Å². The fourth-order valence-electron chi connectivity index (χ4n) is 2.69. The highest BCUT2D eigenvalue weighted by atomic mass is 32.1. The predicted molar refractivity (Wildman–Crippen MR) is 111 cm³/mol. The maximum atomic E-state index is 12.6. The maximum absolute atomic E-state index is 12.6. The Labute approximate surface area is 160 Å². The molecule has 0 spiro atoms. The molecule has 1 aromatic heterocycles. The zero-order valence-electron chi connectivity index (χ0n) is 16.0. The van der Waals surface area contributed by atoms with Crippen LogP contribution in [0, 0.1) is 11.8 Å². The number of thiophene rings is 1. The number of aryl methyl sites for hydroxylation is 1. The summed E-state index contributed by atoms with van der Waals surface area (Å²) in [6.07, 6.45) is 2.43. The van der Waals surface area contributed by atoms with Crippen molar-refractivity contribution in [3.05, 3.63) is 58.7 Å². The van der Waals surface area contributed by atoms with E-state index in [-0.39, 0.29) is 5.91 Å². The average molecular weight is 367 g/mol. The molecule has 0 atom stereocenters. The van der Waals surface area contributed by atoms with Crippen LogP contribution in [-0.2, 0) is 17.6 Å². The van der Waals surface area contributed by atoms with Gasteiger partial charge >= 0.3 is 0 Å². The topological polar surface area (TPSA) is 32.3 Å². The molecule has 0 unspecified atom stereocenters. The van der Waals surface area contributed by atoms with Crippen LogP contribution >= 0.6 is 11.3 Å². The lowest BCUT2D eigenvalue weighted by molar-refractivity contribution is -0.127. The van der Waals surface area contributed by atoms with Gasteiger partial charge in [0.1, 0.15) is 5.82 Å². The van der Waals surface area contributed by atoms with Crippen molar-refractivity contribution in [3.63, 3.8) is 0 Å². The Kier molecular flexibility index (Phi) is 7.06. The molecular weight excluding hydrogens is 340 g/mol. The summed E-state index contributed by atoms with van der Waals surface area (Å²) in [4.78, 5) is 16.6. The van der Waals surface area contributed by atoms with Crippen molar-refractivity contribution in [2.24, 2.45) is 0 Å². The second kappa shape index (κ2) is 9.26. The lowest BCUT2D eigenvalue weighted by Crippen LogP contribution is -2.32. The number of carbonyl (C=O) groups is 1. The Bertz CT molecular complexity index is 855.